The molecule has 0 saturated carbocycles. The van der Waals surface area contributed by atoms with Gasteiger partial charge in [0, 0.05) is 16.0 Å². The summed E-state index contributed by atoms with van der Waals surface area (Å²) in [5.41, 5.74) is 4.99. The number of imidazole rings is 1. The van der Waals surface area contributed by atoms with Gasteiger partial charge in [-0.1, -0.05) is 33.6 Å². The summed E-state index contributed by atoms with van der Waals surface area (Å²) >= 11 is 9.66. The van der Waals surface area contributed by atoms with Crippen LogP contribution >= 0.6 is 27.5 Å². The average molecular weight is 326 g/mol. The molecule has 3 rings (SSSR count). The van der Waals surface area contributed by atoms with Crippen molar-refractivity contribution in [1.82, 2.24) is 9.55 Å². The summed E-state index contributed by atoms with van der Waals surface area (Å²) in [6.45, 7) is 0. The van der Waals surface area contributed by atoms with Crippen LogP contribution in [0, 0.1) is 0 Å². The fourth-order valence-corrected chi connectivity index (χ4v) is 3.19. The molecule has 0 aliphatic heterocycles. The first-order valence-electron chi connectivity index (χ1n) is 6.19. The number of benzene rings is 1. The molecule has 1 aromatic heterocycles. The standard InChI is InChI=1S/C14H14BrClN2/c15-8-10-5-6-11(16)7-14(10)18-9-17-12-3-1-2-4-13(12)18/h5-7,9H,1-4,8H2. The summed E-state index contributed by atoms with van der Waals surface area (Å²) < 4.78 is 2.21. The van der Waals surface area contributed by atoms with E-state index >= 15 is 0 Å². The van der Waals surface area contributed by atoms with E-state index in [0.29, 0.717) is 0 Å². The molecule has 2 nitrogen and oxygen atoms in total. The third kappa shape index (κ3) is 2.10. The van der Waals surface area contributed by atoms with Crippen molar-refractivity contribution in [2.45, 2.75) is 31.0 Å². The molecule has 0 saturated heterocycles. The Balaban J connectivity index is 2.14. The van der Waals surface area contributed by atoms with E-state index in [4.69, 9.17) is 11.6 Å². The fourth-order valence-electron chi connectivity index (χ4n) is 2.55. The predicted molar refractivity (Wildman–Crippen MR) is 77.8 cm³/mol. The summed E-state index contributed by atoms with van der Waals surface area (Å²) in [6.07, 6.45) is 6.66. The van der Waals surface area contributed by atoms with Gasteiger partial charge < -0.3 is 4.57 Å². The van der Waals surface area contributed by atoms with Crippen LogP contribution < -0.4 is 0 Å². The van der Waals surface area contributed by atoms with E-state index in [2.05, 4.69) is 31.5 Å². The molecule has 0 amide bonds. The van der Waals surface area contributed by atoms with Crippen LogP contribution in [0.4, 0.5) is 0 Å². The van der Waals surface area contributed by atoms with Crippen LogP contribution in [0.3, 0.4) is 0 Å². The van der Waals surface area contributed by atoms with E-state index in [1.165, 1.54) is 29.8 Å². The normalized spacial score (nSPS) is 14.6. The Morgan fingerprint density at radius 1 is 1.28 bits per heavy atom. The molecule has 0 unspecified atom stereocenters. The Hall–Kier alpha value is -0.800. The third-order valence-corrected chi connectivity index (χ3v) is 4.32. The SMILES string of the molecule is Clc1ccc(CBr)c(-n2cnc3c2CCCC3)c1. The molecule has 4 heteroatoms. The summed E-state index contributed by atoms with van der Waals surface area (Å²) in [6, 6.07) is 6.03. The average Bonchev–Trinajstić information content (AvgIpc) is 2.82. The lowest BCUT2D eigenvalue weighted by atomic mass is 10.0. The monoisotopic (exact) mass is 324 g/mol. The number of hydrogen-bond donors (Lipinski definition) is 0. The van der Waals surface area contributed by atoms with Gasteiger partial charge in [-0.3, -0.25) is 0 Å². The maximum absolute atomic E-state index is 6.12. The van der Waals surface area contributed by atoms with E-state index in [-0.39, 0.29) is 0 Å². The molecule has 1 aliphatic carbocycles. The number of rotatable bonds is 2. The molecule has 94 valence electrons. The third-order valence-electron chi connectivity index (χ3n) is 3.48. The van der Waals surface area contributed by atoms with Gasteiger partial charge in [0.2, 0.25) is 0 Å². The molecule has 0 atom stereocenters. The van der Waals surface area contributed by atoms with Gasteiger partial charge >= 0.3 is 0 Å². The van der Waals surface area contributed by atoms with Gasteiger partial charge in [-0.15, -0.1) is 0 Å². The van der Waals surface area contributed by atoms with E-state index < -0.39 is 0 Å². The van der Waals surface area contributed by atoms with E-state index in [1.54, 1.807) is 0 Å². The molecule has 1 heterocycles. The fraction of sp³-hybridized carbons (Fsp3) is 0.357. The highest BCUT2D eigenvalue weighted by Crippen LogP contribution is 2.27. The zero-order chi connectivity index (χ0) is 12.5. The molecule has 1 aliphatic rings. The van der Waals surface area contributed by atoms with E-state index in [9.17, 15) is 0 Å². The molecule has 2 aromatic rings. The lowest BCUT2D eigenvalue weighted by molar-refractivity contribution is 0.655. The van der Waals surface area contributed by atoms with Gasteiger partial charge in [0.25, 0.3) is 0 Å². The molecular formula is C14H14BrClN2. The highest BCUT2D eigenvalue weighted by atomic mass is 79.9. The first-order chi connectivity index (χ1) is 8.79. The molecule has 18 heavy (non-hydrogen) atoms. The summed E-state index contributed by atoms with van der Waals surface area (Å²) in [4.78, 5) is 4.54. The van der Waals surface area contributed by atoms with Crippen molar-refractivity contribution in [3.8, 4) is 5.69 Å². The van der Waals surface area contributed by atoms with E-state index in [0.717, 1.165) is 28.9 Å². The molecule has 0 fully saturated rings. The van der Waals surface area contributed by atoms with Crippen LogP contribution in [0.15, 0.2) is 24.5 Å². The lowest BCUT2D eigenvalue weighted by Crippen LogP contribution is -2.08. The Kier molecular flexibility index (Phi) is 3.44. The molecule has 0 spiro atoms. The number of aromatic nitrogens is 2. The van der Waals surface area contributed by atoms with Crippen molar-refractivity contribution in [1.29, 1.82) is 0 Å². The van der Waals surface area contributed by atoms with Gasteiger partial charge in [-0.25, -0.2) is 4.98 Å². The second-order valence-electron chi connectivity index (χ2n) is 4.62. The topological polar surface area (TPSA) is 17.8 Å². The van der Waals surface area contributed by atoms with E-state index in [1.807, 2.05) is 18.5 Å². The Morgan fingerprint density at radius 3 is 2.94 bits per heavy atom. The van der Waals surface area contributed by atoms with Gasteiger partial charge in [0.15, 0.2) is 0 Å². The Bertz CT molecular complexity index is 577. The first kappa shape index (κ1) is 12.2. The largest absolute Gasteiger partial charge is 0.303 e. The first-order valence-corrected chi connectivity index (χ1v) is 7.69. The van der Waals surface area contributed by atoms with Crippen LogP contribution in [0.1, 0.15) is 29.8 Å². The highest BCUT2D eigenvalue weighted by molar-refractivity contribution is 9.08. The Morgan fingerprint density at radius 2 is 2.11 bits per heavy atom. The Labute approximate surface area is 120 Å². The number of nitrogens with zero attached hydrogens (tertiary/aromatic N) is 2. The summed E-state index contributed by atoms with van der Waals surface area (Å²) in [5.74, 6) is 0. The number of alkyl halides is 1. The van der Waals surface area contributed by atoms with Crippen molar-refractivity contribution in [2.75, 3.05) is 0 Å². The quantitative estimate of drug-likeness (QED) is 0.753. The smallest absolute Gasteiger partial charge is 0.0997 e. The number of fused-ring (bicyclic) bond motifs is 1. The maximum atomic E-state index is 6.12. The second kappa shape index (κ2) is 5.06. The number of halogens is 2. The minimum atomic E-state index is 0.771. The van der Waals surface area contributed by atoms with Crippen LogP contribution in [-0.4, -0.2) is 9.55 Å². The molecule has 1 aromatic carbocycles. The molecular weight excluding hydrogens is 312 g/mol. The van der Waals surface area contributed by atoms with Crippen molar-refractivity contribution >= 4 is 27.5 Å². The second-order valence-corrected chi connectivity index (χ2v) is 5.62. The molecule has 0 N–H and O–H groups in total. The summed E-state index contributed by atoms with van der Waals surface area (Å²) in [7, 11) is 0. The number of aryl methyl sites for hydroxylation is 1. The van der Waals surface area contributed by atoms with Crippen molar-refractivity contribution in [3.05, 3.63) is 46.5 Å². The zero-order valence-electron chi connectivity index (χ0n) is 10.00. The maximum Gasteiger partial charge on any atom is 0.0997 e. The van der Waals surface area contributed by atoms with Crippen molar-refractivity contribution in [2.24, 2.45) is 0 Å². The lowest BCUT2D eigenvalue weighted by Gasteiger charge is -2.16. The molecule has 0 bridgehead atoms. The van der Waals surface area contributed by atoms with Crippen molar-refractivity contribution in [3.63, 3.8) is 0 Å². The minimum Gasteiger partial charge on any atom is -0.303 e. The van der Waals surface area contributed by atoms with Crippen LogP contribution in [0.25, 0.3) is 5.69 Å². The molecule has 0 radical (unpaired) electrons. The highest BCUT2D eigenvalue weighted by Gasteiger charge is 2.17. The van der Waals surface area contributed by atoms with Crippen LogP contribution in [0.2, 0.25) is 5.02 Å². The van der Waals surface area contributed by atoms with Crippen LogP contribution in [0.5, 0.6) is 0 Å². The number of hydrogen-bond acceptors (Lipinski definition) is 1. The predicted octanol–water partition coefficient (Wildman–Crippen LogP) is 4.30. The zero-order valence-corrected chi connectivity index (χ0v) is 12.3. The van der Waals surface area contributed by atoms with Crippen molar-refractivity contribution < 1.29 is 0 Å². The van der Waals surface area contributed by atoms with Gasteiger partial charge in [0.05, 0.1) is 17.7 Å². The van der Waals surface area contributed by atoms with Crippen LogP contribution in [-0.2, 0) is 18.2 Å². The van der Waals surface area contributed by atoms with Gasteiger partial charge in [-0.05, 0) is 43.4 Å². The summed E-state index contributed by atoms with van der Waals surface area (Å²) in [5, 5.41) is 1.60. The minimum absolute atomic E-state index is 0.771. The van der Waals surface area contributed by atoms with Gasteiger partial charge in [0.1, 0.15) is 0 Å². The van der Waals surface area contributed by atoms with Gasteiger partial charge in [-0.2, -0.15) is 0 Å².